The number of alkyl carbamates (subject to hydrolysis) is 1. The molecule has 7 nitrogen and oxygen atoms in total. The quantitative estimate of drug-likeness (QED) is 0.643. The first-order valence-corrected chi connectivity index (χ1v) is 10.7. The molecule has 2 amide bonds. The summed E-state index contributed by atoms with van der Waals surface area (Å²) in [4.78, 5) is 25.6. The minimum atomic E-state index is -1.19. The van der Waals surface area contributed by atoms with Crippen molar-refractivity contribution >= 4 is 23.8 Å². The topological polar surface area (TPSA) is 88.1 Å². The summed E-state index contributed by atoms with van der Waals surface area (Å²) >= 11 is 6.19. The third-order valence-corrected chi connectivity index (χ3v) is 5.50. The number of likely N-dealkylation sites (tertiary alicyclic amines) is 1. The smallest absolute Gasteiger partial charge is 0.410 e. The summed E-state index contributed by atoms with van der Waals surface area (Å²) in [6, 6.07) is 7.19. The lowest BCUT2D eigenvalue weighted by atomic mass is 9.74. The minimum absolute atomic E-state index is 0.185. The van der Waals surface area contributed by atoms with Gasteiger partial charge in [0, 0.05) is 30.6 Å². The maximum absolute atomic E-state index is 12.6. The number of halogens is 1. The van der Waals surface area contributed by atoms with Gasteiger partial charge in [0.25, 0.3) is 0 Å². The Morgan fingerprint density at radius 2 is 2.07 bits per heavy atom. The molecule has 0 spiro atoms. The largest absolute Gasteiger partial charge is 0.453 e. The van der Waals surface area contributed by atoms with Crippen molar-refractivity contribution in [2.75, 3.05) is 26.7 Å². The third kappa shape index (κ3) is 6.77. The van der Waals surface area contributed by atoms with E-state index < -0.39 is 17.3 Å². The van der Waals surface area contributed by atoms with E-state index in [1.165, 1.54) is 7.11 Å². The highest BCUT2D eigenvalue weighted by Gasteiger charge is 2.42. The molecule has 1 fully saturated rings. The van der Waals surface area contributed by atoms with Crippen LogP contribution in [0.1, 0.15) is 52.0 Å². The summed E-state index contributed by atoms with van der Waals surface area (Å²) in [5.41, 5.74) is -1.06. The van der Waals surface area contributed by atoms with Crippen molar-refractivity contribution in [1.82, 2.24) is 10.2 Å². The van der Waals surface area contributed by atoms with Gasteiger partial charge in [0.1, 0.15) is 5.60 Å². The van der Waals surface area contributed by atoms with Gasteiger partial charge in [-0.05, 0) is 64.2 Å². The lowest BCUT2D eigenvalue weighted by molar-refractivity contribution is -0.0633. The van der Waals surface area contributed by atoms with Crippen LogP contribution in [0.2, 0.25) is 5.02 Å². The van der Waals surface area contributed by atoms with E-state index in [-0.39, 0.29) is 12.0 Å². The van der Waals surface area contributed by atoms with Crippen molar-refractivity contribution in [3.63, 3.8) is 0 Å². The summed E-state index contributed by atoms with van der Waals surface area (Å²) < 4.78 is 10.1. The number of carbonyl (C=O) groups excluding carboxylic acids is 2. The van der Waals surface area contributed by atoms with Crippen molar-refractivity contribution in [3.05, 3.63) is 34.9 Å². The fraction of sp³-hybridized carbons (Fsp3) is 0.636. The molecule has 1 saturated heterocycles. The van der Waals surface area contributed by atoms with E-state index in [1.807, 2.05) is 32.9 Å². The number of piperidine rings is 1. The van der Waals surface area contributed by atoms with E-state index in [0.717, 1.165) is 12.8 Å². The number of carbonyl (C=O) groups is 2. The van der Waals surface area contributed by atoms with Gasteiger partial charge in [0.2, 0.25) is 0 Å². The van der Waals surface area contributed by atoms with Crippen LogP contribution < -0.4 is 5.32 Å². The van der Waals surface area contributed by atoms with E-state index in [2.05, 4.69) is 10.1 Å². The zero-order chi connectivity index (χ0) is 22.4. The molecule has 2 unspecified atom stereocenters. The predicted octanol–water partition coefficient (Wildman–Crippen LogP) is 4.31. The molecule has 2 rings (SSSR count). The molecular formula is C22H33ClN2O5. The van der Waals surface area contributed by atoms with Crippen LogP contribution in [0, 0.1) is 5.92 Å². The lowest BCUT2D eigenvalue weighted by Gasteiger charge is -2.43. The van der Waals surface area contributed by atoms with Gasteiger partial charge in [-0.2, -0.15) is 0 Å². The highest BCUT2D eigenvalue weighted by atomic mass is 35.5. The van der Waals surface area contributed by atoms with E-state index in [4.69, 9.17) is 16.3 Å². The summed E-state index contributed by atoms with van der Waals surface area (Å²) in [6.45, 7) is 6.87. The molecule has 2 N–H and O–H groups in total. The number of aliphatic hydroxyl groups is 1. The molecule has 0 aliphatic carbocycles. The van der Waals surface area contributed by atoms with Crippen molar-refractivity contribution in [1.29, 1.82) is 0 Å². The van der Waals surface area contributed by atoms with Crippen LogP contribution in [-0.2, 0) is 15.1 Å². The number of amides is 2. The first kappa shape index (κ1) is 24.3. The zero-order valence-corrected chi connectivity index (χ0v) is 19.0. The van der Waals surface area contributed by atoms with Crippen molar-refractivity contribution in [2.45, 2.75) is 57.7 Å². The summed E-state index contributed by atoms with van der Waals surface area (Å²) in [5.74, 6) is -0.185. The Bertz CT molecular complexity index is 736. The van der Waals surface area contributed by atoms with Crippen LogP contribution in [0.5, 0.6) is 0 Å². The van der Waals surface area contributed by atoms with Gasteiger partial charge in [-0.15, -0.1) is 0 Å². The third-order valence-electron chi connectivity index (χ3n) is 5.26. The zero-order valence-electron chi connectivity index (χ0n) is 18.2. The first-order chi connectivity index (χ1) is 14.0. The van der Waals surface area contributed by atoms with Gasteiger partial charge < -0.3 is 24.8 Å². The molecule has 1 heterocycles. The van der Waals surface area contributed by atoms with Gasteiger partial charge in [0.05, 0.1) is 12.7 Å². The molecule has 2 atom stereocenters. The van der Waals surface area contributed by atoms with Crippen molar-refractivity contribution < 1.29 is 24.2 Å². The van der Waals surface area contributed by atoms with Crippen LogP contribution in [0.3, 0.4) is 0 Å². The van der Waals surface area contributed by atoms with Crippen molar-refractivity contribution in [2.24, 2.45) is 5.92 Å². The number of nitrogens with one attached hydrogen (secondary N) is 1. The maximum atomic E-state index is 12.6. The van der Waals surface area contributed by atoms with E-state index >= 15 is 0 Å². The van der Waals surface area contributed by atoms with Crippen LogP contribution in [0.25, 0.3) is 0 Å². The monoisotopic (exact) mass is 440 g/mol. The molecular weight excluding hydrogens is 408 g/mol. The molecule has 1 aliphatic heterocycles. The molecule has 1 aliphatic rings. The van der Waals surface area contributed by atoms with Crippen LogP contribution in [-0.4, -0.2) is 54.5 Å². The fourth-order valence-corrected chi connectivity index (χ4v) is 4.01. The van der Waals surface area contributed by atoms with Crippen LogP contribution in [0.15, 0.2) is 24.3 Å². The Balaban J connectivity index is 2.18. The second-order valence-corrected chi connectivity index (χ2v) is 9.16. The van der Waals surface area contributed by atoms with Gasteiger partial charge in [-0.25, -0.2) is 9.59 Å². The second kappa shape index (κ2) is 10.4. The number of ether oxygens (including phenoxy) is 2. The first-order valence-electron chi connectivity index (χ1n) is 10.3. The predicted molar refractivity (Wildman–Crippen MR) is 116 cm³/mol. The maximum Gasteiger partial charge on any atom is 0.410 e. The summed E-state index contributed by atoms with van der Waals surface area (Å²) in [7, 11) is 1.31. The van der Waals surface area contributed by atoms with E-state index in [9.17, 15) is 14.7 Å². The molecule has 8 heteroatoms. The Hall–Kier alpha value is -1.99. The Kier molecular flexibility index (Phi) is 8.38. The number of rotatable bonds is 6. The Morgan fingerprint density at radius 1 is 1.33 bits per heavy atom. The summed E-state index contributed by atoms with van der Waals surface area (Å²) in [6.07, 6.45) is 1.62. The molecule has 168 valence electrons. The van der Waals surface area contributed by atoms with Crippen molar-refractivity contribution in [3.8, 4) is 0 Å². The highest BCUT2D eigenvalue weighted by Crippen LogP contribution is 2.40. The second-order valence-electron chi connectivity index (χ2n) is 8.72. The molecule has 0 aromatic heterocycles. The molecule has 1 aromatic rings. The number of hydrogen-bond acceptors (Lipinski definition) is 5. The number of hydrogen-bond donors (Lipinski definition) is 2. The molecule has 1 aromatic carbocycles. The van der Waals surface area contributed by atoms with Crippen LogP contribution in [0.4, 0.5) is 9.59 Å². The molecule has 0 bridgehead atoms. The normalized spacial score (nSPS) is 19.0. The Labute approximate surface area is 183 Å². The van der Waals surface area contributed by atoms with Gasteiger partial charge >= 0.3 is 12.2 Å². The van der Waals surface area contributed by atoms with Gasteiger partial charge in [-0.3, -0.25) is 0 Å². The van der Waals surface area contributed by atoms with Crippen LogP contribution >= 0.6 is 11.6 Å². The number of nitrogens with zero attached hydrogens (tertiary/aromatic N) is 1. The summed E-state index contributed by atoms with van der Waals surface area (Å²) in [5, 5.41) is 15.0. The average molecular weight is 441 g/mol. The standard InChI is InChI=1S/C22H33ClN2O5/c1-21(2,3)30-20(27)25-13-6-9-17(15-25)22(28,11-7-12-24-19(26)29-4)16-8-5-10-18(23)14-16/h5,8,10,14,17,28H,6-7,9,11-13,15H2,1-4H3,(H,24,26). The van der Waals surface area contributed by atoms with E-state index in [1.54, 1.807) is 17.0 Å². The highest BCUT2D eigenvalue weighted by molar-refractivity contribution is 6.30. The molecule has 30 heavy (non-hydrogen) atoms. The minimum Gasteiger partial charge on any atom is -0.453 e. The van der Waals surface area contributed by atoms with Gasteiger partial charge in [-0.1, -0.05) is 23.7 Å². The SMILES string of the molecule is COC(=O)NCCCC(O)(c1cccc(Cl)c1)C1CCCN(C(=O)OC(C)(C)C)C1. The number of methoxy groups -OCH3 is 1. The lowest BCUT2D eigenvalue weighted by Crippen LogP contribution is -2.49. The molecule has 0 saturated carbocycles. The van der Waals surface area contributed by atoms with Gasteiger partial charge in [0.15, 0.2) is 0 Å². The number of benzene rings is 1. The Morgan fingerprint density at radius 3 is 2.70 bits per heavy atom. The average Bonchev–Trinajstić information content (AvgIpc) is 2.69. The molecule has 0 radical (unpaired) electrons. The fourth-order valence-electron chi connectivity index (χ4n) is 3.82. The van der Waals surface area contributed by atoms with E-state index in [0.29, 0.717) is 43.1 Å².